The van der Waals surface area contributed by atoms with Gasteiger partial charge in [0.25, 0.3) is 0 Å². The number of nitriles is 1. The molecule has 0 N–H and O–H groups in total. The number of benzene rings is 2. The number of nitrogens with zero attached hydrogens (tertiary/aromatic N) is 1. The molecule has 2 nitrogen and oxygen atoms in total. The summed E-state index contributed by atoms with van der Waals surface area (Å²) in [6, 6.07) is 15.9. The van der Waals surface area contributed by atoms with Gasteiger partial charge in [-0.3, -0.25) is 0 Å². The number of halogens is 1. The van der Waals surface area contributed by atoms with Gasteiger partial charge in [-0.15, -0.1) is 0 Å². The number of methoxy groups -OCH3 is 1. The quantitative estimate of drug-likeness (QED) is 0.758. The summed E-state index contributed by atoms with van der Waals surface area (Å²) in [7, 11) is 1.66. The molecular formula is C14H10INOS. The van der Waals surface area contributed by atoms with Gasteiger partial charge in [0.05, 0.1) is 12.7 Å². The Kier molecular flexibility index (Phi) is 4.50. The van der Waals surface area contributed by atoms with Crippen molar-refractivity contribution in [2.45, 2.75) is 9.79 Å². The van der Waals surface area contributed by atoms with Crippen LogP contribution in [0.1, 0.15) is 5.56 Å². The lowest BCUT2D eigenvalue weighted by Crippen LogP contribution is -1.83. The second-order valence-corrected chi connectivity index (χ2v) is 5.84. The lowest BCUT2D eigenvalue weighted by Gasteiger charge is -2.04. The molecule has 0 unspecified atom stereocenters. The van der Waals surface area contributed by atoms with E-state index in [4.69, 9.17) is 10.00 Å². The molecule has 2 aromatic rings. The van der Waals surface area contributed by atoms with E-state index in [1.807, 2.05) is 42.5 Å². The van der Waals surface area contributed by atoms with Crippen molar-refractivity contribution in [2.75, 3.05) is 7.11 Å². The van der Waals surface area contributed by atoms with Crippen LogP contribution < -0.4 is 4.74 Å². The average Bonchev–Trinajstić information content (AvgIpc) is 2.40. The molecule has 0 saturated carbocycles. The molecule has 0 fully saturated rings. The highest BCUT2D eigenvalue weighted by molar-refractivity contribution is 14.1. The van der Waals surface area contributed by atoms with E-state index in [0.29, 0.717) is 0 Å². The number of hydrogen-bond acceptors (Lipinski definition) is 3. The normalized spacial score (nSPS) is 9.83. The predicted octanol–water partition coefficient (Wildman–Crippen LogP) is 4.32. The molecule has 0 aliphatic rings. The van der Waals surface area contributed by atoms with Crippen LogP contribution in [0.2, 0.25) is 0 Å². The van der Waals surface area contributed by atoms with E-state index in [9.17, 15) is 0 Å². The van der Waals surface area contributed by atoms with Crippen molar-refractivity contribution in [2.24, 2.45) is 0 Å². The minimum Gasteiger partial charge on any atom is -0.497 e. The Bertz CT molecular complexity index is 590. The van der Waals surface area contributed by atoms with Gasteiger partial charge in [-0.1, -0.05) is 11.8 Å². The molecule has 90 valence electrons. The fraction of sp³-hybridized carbons (Fsp3) is 0.0714. The third-order valence-electron chi connectivity index (χ3n) is 2.36. The van der Waals surface area contributed by atoms with Crippen LogP contribution in [0.4, 0.5) is 0 Å². The van der Waals surface area contributed by atoms with Crippen molar-refractivity contribution < 1.29 is 4.74 Å². The highest BCUT2D eigenvalue weighted by atomic mass is 127. The maximum Gasteiger partial charge on any atom is 0.118 e. The molecule has 0 aliphatic carbocycles. The first-order valence-electron chi connectivity index (χ1n) is 5.24. The van der Waals surface area contributed by atoms with Crippen molar-refractivity contribution in [3.8, 4) is 11.8 Å². The van der Waals surface area contributed by atoms with Gasteiger partial charge in [-0.25, -0.2) is 0 Å². The number of ether oxygens (including phenoxy) is 1. The molecule has 0 bridgehead atoms. The Balaban J connectivity index is 2.18. The van der Waals surface area contributed by atoms with Crippen LogP contribution in [0.3, 0.4) is 0 Å². The van der Waals surface area contributed by atoms with E-state index in [2.05, 4.69) is 28.7 Å². The van der Waals surface area contributed by atoms with Crippen LogP contribution in [0.15, 0.2) is 52.3 Å². The predicted molar refractivity (Wildman–Crippen MR) is 81.0 cm³/mol. The zero-order chi connectivity index (χ0) is 13.0. The third kappa shape index (κ3) is 3.18. The summed E-state index contributed by atoms with van der Waals surface area (Å²) in [5, 5.41) is 8.88. The Morgan fingerprint density at radius 3 is 2.33 bits per heavy atom. The summed E-state index contributed by atoms with van der Waals surface area (Å²) in [5.74, 6) is 0.855. The summed E-state index contributed by atoms with van der Waals surface area (Å²) >= 11 is 3.85. The Labute approximate surface area is 124 Å². The van der Waals surface area contributed by atoms with Gasteiger partial charge in [-0.05, 0) is 65.1 Å². The van der Waals surface area contributed by atoms with Crippen LogP contribution in [0.25, 0.3) is 0 Å². The molecule has 0 saturated heterocycles. The Hall–Kier alpha value is -1.19. The molecule has 2 aromatic carbocycles. The Morgan fingerprint density at radius 1 is 1.11 bits per heavy atom. The maximum absolute atomic E-state index is 8.88. The van der Waals surface area contributed by atoms with Gasteiger partial charge in [0.15, 0.2) is 0 Å². The number of hydrogen-bond donors (Lipinski definition) is 0. The topological polar surface area (TPSA) is 33.0 Å². The lowest BCUT2D eigenvalue weighted by atomic mass is 10.2. The first-order valence-corrected chi connectivity index (χ1v) is 7.14. The van der Waals surface area contributed by atoms with Gasteiger partial charge in [0.2, 0.25) is 0 Å². The first-order chi connectivity index (χ1) is 8.72. The highest BCUT2D eigenvalue weighted by Gasteiger charge is 2.02. The third-order valence-corrected chi connectivity index (χ3v) is 4.25. The molecule has 0 atom stereocenters. The van der Waals surface area contributed by atoms with Crippen LogP contribution in [-0.2, 0) is 0 Å². The fourth-order valence-electron chi connectivity index (χ4n) is 1.43. The lowest BCUT2D eigenvalue weighted by molar-refractivity contribution is 0.414. The van der Waals surface area contributed by atoms with Gasteiger partial charge < -0.3 is 4.74 Å². The van der Waals surface area contributed by atoms with Crippen molar-refractivity contribution in [1.29, 1.82) is 5.26 Å². The summed E-state index contributed by atoms with van der Waals surface area (Å²) in [6.45, 7) is 0. The fourth-order valence-corrected chi connectivity index (χ4v) is 3.13. The number of rotatable bonds is 3. The second kappa shape index (κ2) is 6.12. The molecule has 0 aromatic heterocycles. The minimum absolute atomic E-state index is 0.717. The summed E-state index contributed by atoms with van der Waals surface area (Å²) in [6.07, 6.45) is 0. The molecule has 0 aliphatic heterocycles. The van der Waals surface area contributed by atoms with Gasteiger partial charge in [-0.2, -0.15) is 5.26 Å². The maximum atomic E-state index is 8.88. The minimum atomic E-state index is 0.717. The molecule has 18 heavy (non-hydrogen) atoms. The van der Waals surface area contributed by atoms with Gasteiger partial charge >= 0.3 is 0 Å². The molecule has 2 rings (SSSR count). The van der Waals surface area contributed by atoms with E-state index in [0.717, 1.165) is 24.7 Å². The summed E-state index contributed by atoms with van der Waals surface area (Å²) in [5.41, 5.74) is 0.717. The smallest absolute Gasteiger partial charge is 0.118 e. The van der Waals surface area contributed by atoms with E-state index < -0.39 is 0 Å². The van der Waals surface area contributed by atoms with Crippen molar-refractivity contribution in [3.63, 3.8) is 0 Å². The summed E-state index contributed by atoms with van der Waals surface area (Å²) in [4.78, 5) is 2.28. The monoisotopic (exact) mass is 367 g/mol. The summed E-state index contributed by atoms with van der Waals surface area (Å²) < 4.78 is 6.10. The van der Waals surface area contributed by atoms with E-state index in [1.165, 1.54) is 0 Å². The van der Waals surface area contributed by atoms with Crippen LogP contribution in [0.5, 0.6) is 5.75 Å². The first kappa shape index (κ1) is 13.2. The molecule has 4 heteroatoms. The van der Waals surface area contributed by atoms with Crippen LogP contribution >= 0.6 is 34.4 Å². The molecular weight excluding hydrogens is 357 g/mol. The van der Waals surface area contributed by atoms with E-state index >= 15 is 0 Å². The highest BCUT2D eigenvalue weighted by Crippen LogP contribution is 2.30. The second-order valence-electron chi connectivity index (χ2n) is 3.53. The molecule has 0 radical (unpaired) electrons. The zero-order valence-electron chi connectivity index (χ0n) is 9.68. The van der Waals surface area contributed by atoms with Crippen molar-refractivity contribution in [1.82, 2.24) is 0 Å². The SMILES string of the molecule is COc1ccc(Sc2ccc(C#N)c(I)c2)cc1. The van der Waals surface area contributed by atoms with Crippen LogP contribution in [-0.4, -0.2) is 7.11 Å². The average molecular weight is 367 g/mol. The van der Waals surface area contributed by atoms with Gasteiger partial charge in [0, 0.05) is 13.4 Å². The van der Waals surface area contributed by atoms with Crippen molar-refractivity contribution >= 4 is 34.4 Å². The van der Waals surface area contributed by atoms with Crippen LogP contribution in [0, 0.1) is 14.9 Å². The zero-order valence-corrected chi connectivity index (χ0v) is 12.7. The molecule has 0 heterocycles. The van der Waals surface area contributed by atoms with Gasteiger partial charge in [0.1, 0.15) is 11.8 Å². The van der Waals surface area contributed by atoms with E-state index in [-0.39, 0.29) is 0 Å². The van der Waals surface area contributed by atoms with E-state index in [1.54, 1.807) is 18.9 Å². The molecule has 0 amide bonds. The largest absolute Gasteiger partial charge is 0.497 e. The standard InChI is InChI=1S/C14H10INOS/c1-17-11-3-6-12(7-4-11)18-13-5-2-10(9-16)14(15)8-13/h2-8H,1H3. The molecule has 0 spiro atoms. The Morgan fingerprint density at radius 2 is 1.78 bits per heavy atom. The van der Waals surface area contributed by atoms with Crippen molar-refractivity contribution in [3.05, 3.63) is 51.6 Å².